The first-order chi connectivity index (χ1) is 13.3. The topological polar surface area (TPSA) is 120 Å². The zero-order valence-corrected chi connectivity index (χ0v) is 15.6. The van der Waals surface area contributed by atoms with E-state index in [1.54, 1.807) is 0 Å². The number of aryl methyl sites for hydroxylation is 1. The van der Waals surface area contributed by atoms with E-state index in [1.807, 2.05) is 0 Å². The normalized spacial score (nSPS) is 24.2. The summed E-state index contributed by atoms with van der Waals surface area (Å²) in [5.41, 5.74) is -3.25. The summed E-state index contributed by atoms with van der Waals surface area (Å²) in [6.45, 7) is -0.398. The van der Waals surface area contributed by atoms with Crippen LogP contribution in [0, 0.1) is 5.41 Å². The highest BCUT2D eigenvalue weighted by Crippen LogP contribution is 2.75. The summed E-state index contributed by atoms with van der Waals surface area (Å²) in [4.78, 5) is 3.79. The molecule has 1 saturated carbocycles. The monoisotopic (exact) mass is 442 g/mol. The minimum atomic E-state index is -4.75. The van der Waals surface area contributed by atoms with Gasteiger partial charge in [-0.05, 0) is 12.8 Å². The van der Waals surface area contributed by atoms with Crippen LogP contribution < -0.4 is 5.14 Å². The number of hydrogen-bond acceptors (Lipinski definition) is 6. The van der Waals surface area contributed by atoms with Crippen LogP contribution in [-0.2, 0) is 23.4 Å². The Kier molecular flexibility index (Phi) is 4.13. The van der Waals surface area contributed by atoms with Crippen LogP contribution in [0.3, 0.4) is 0 Å². The maximum absolute atomic E-state index is 14.6. The standard InChI is InChI=1S/C14H15F5N6O3S/c1-24-8(7(6-21-24)14(17,18)19)11-22-10(23-28-11)9-12(13(9,15)16)2-4-25(5-3-12)29(20,26)27/h6,9H,2-5H2,1H3,(H2,20,26,27)/t9-/m0/s1. The van der Waals surface area contributed by atoms with Gasteiger partial charge in [-0.2, -0.15) is 36.0 Å². The van der Waals surface area contributed by atoms with Crippen LogP contribution in [0.1, 0.15) is 30.1 Å². The highest BCUT2D eigenvalue weighted by molar-refractivity contribution is 7.86. The van der Waals surface area contributed by atoms with Gasteiger partial charge >= 0.3 is 6.18 Å². The smallest absolute Gasteiger partial charge is 0.332 e. The van der Waals surface area contributed by atoms with E-state index in [0.29, 0.717) is 6.20 Å². The van der Waals surface area contributed by atoms with Gasteiger partial charge in [0.2, 0.25) is 0 Å². The third-order valence-corrected chi connectivity index (χ3v) is 6.70. The third-order valence-electron chi connectivity index (χ3n) is 5.62. The summed E-state index contributed by atoms with van der Waals surface area (Å²) in [5, 5.41) is 12.0. The number of halogens is 5. The van der Waals surface area contributed by atoms with Gasteiger partial charge in [0.25, 0.3) is 22.0 Å². The second-order valence-corrected chi connectivity index (χ2v) is 8.69. The van der Waals surface area contributed by atoms with Crippen molar-refractivity contribution in [3.05, 3.63) is 17.6 Å². The molecule has 0 unspecified atom stereocenters. The van der Waals surface area contributed by atoms with Crippen molar-refractivity contribution in [1.29, 1.82) is 0 Å². The Morgan fingerprint density at radius 1 is 1.28 bits per heavy atom. The molecule has 4 rings (SSSR count). The van der Waals surface area contributed by atoms with Crippen molar-refractivity contribution in [2.75, 3.05) is 13.1 Å². The molecule has 0 amide bonds. The van der Waals surface area contributed by atoms with Crippen LogP contribution in [0.2, 0.25) is 0 Å². The molecule has 1 aliphatic heterocycles. The van der Waals surface area contributed by atoms with Gasteiger partial charge in [0.05, 0.1) is 17.5 Å². The average Bonchev–Trinajstić information content (AvgIpc) is 3.00. The first-order valence-electron chi connectivity index (χ1n) is 8.38. The predicted molar refractivity (Wildman–Crippen MR) is 85.5 cm³/mol. The summed E-state index contributed by atoms with van der Waals surface area (Å²) >= 11 is 0. The molecular formula is C14H15F5N6O3S. The molecular weight excluding hydrogens is 427 g/mol. The Labute approximate surface area is 160 Å². The van der Waals surface area contributed by atoms with Crippen molar-refractivity contribution >= 4 is 10.2 Å². The molecule has 2 aromatic heterocycles. The summed E-state index contributed by atoms with van der Waals surface area (Å²) < 4.78 is 98.1. The number of hydrogen-bond donors (Lipinski definition) is 1. The molecule has 1 aliphatic carbocycles. The fourth-order valence-corrected chi connectivity index (χ4v) is 4.72. The van der Waals surface area contributed by atoms with Crippen LogP contribution in [0.25, 0.3) is 11.6 Å². The lowest BCUT2D eigenvalue weighted by atomic mass is 9.91. The lowest BCUT2D eigenvalue weighted by molar-refractivity contribution is -0.137. The minimum absolute atomic E-state index is 0.190. The van der Waals surface area contributed by atoms with E-state index in [-0.39, 0.29) is 25.9 Å². The van der Waals surface area contributed by atoms with E-state index in [4.69, 9.17) is 9.66 Å². The van der Waals surface area contributed by atoms with Crippen molar-refractivity contribution < 1.29 is 34.9 Å². The third kappa shape index (κ3) is 2.93. The first kappa shape index (κ1) is 20.2. The zero-order valence-electron chi connectivity index (χ0n) is 14.8. The first-order valence-corrected chi connectivity index (χ1v) is 9.88. The molecule has 2 aromatic rings. The Bertz CT molecular complexity index is 1050. The van der Waals surface area contributed by atoms with Gasteiger partial charge in [-0.15, -0.1) is 0 Å². The van der Waals surface area contributed by atoms with Crippen LogP contribution in [0.5, 0.6) is 0 Å². The lowest BCUT2D eigenvalue weighted by Crippen LogP contribution is -2.43. The fourth-order valence-electron chi connectivity index (χ4n) is 4.03. The van der Waals surface area contributed by atoms with Crippen molar-refractivity contribution in [3.8, 4) is 11.6 Å². The van der Waals surface area contributed by atoms with E-state index >= 15 is 0 Å². The van der Waals surface area contributed by atoms with Crippen molar-refractivity contribution in [1.82, 2.24) is 24.2 Å². The Hall–Kier alpha value is -2.13. The Morgan fingerprint density at radius 2 is 1.90 bits per heavy atom. The van der Waals surface area contributed by atoms with Gasteiger partial charge < -0.3 is 4.52 Å². The molecule has 2 N–H and O–H groups in total. The molecule has 2 fully saturated rings. The molecule has 1 saturated heterocycles. The molecule has 1 atom stereocenters. The van der Waals surface area contributed by atoms with Gasteiger partial charge in [0.1, 0.15) is 11.3 Å². The van der Waals surface area contributed by atoms with Crippen molar-refractivity contribution in [3.63, 3.8) is 0 Å². The maximum atomic E-state index is 14.6. The molecule has 0 bridgehead atoms. The summed E-state index contributed by atoms with van der Waals surface area (Å²) in [6.07, 6.45) is -4.55. The van der Waals surface area contributed by atoms with E-state index in [0.717, 1.165) is 8.99 Å². The summed E-state index contributed by atoms with van der Waals surface area (Å²) in [7, 11) is -2.77. The summed E-state index contributed by atoms with van der Waals surface area (Å²) in [5.74, 6) is -5.74. The van der Waals surface area contributed by atoms with E-state index in [1.165, 1.54) is 7.05 Å². The number of rotatable bonds is 3. The minimum Gasteiger partial charge on any atom is -0.332 e. The van der Waals surface area contributed by atoms with Gasteiger partial charge in [-0.1, -0.05) is 5.16 Å². The fraction of sp³-hybridized carbons (Fsp3) is 0.643. The van der Waals surface area contributed by atoms with Crippen LogP contribution in [0.4, 0.5) is 22.0 Å². The van der Waals surface area contributed by atoms with Gasteiger partial charge in [-0.3, -0.25) is 4.68 Å². The van der Waals surface area contributed by atoms with Crippen LogP contribution in [-0.4, -0.2) is 51.7 Å². The molecule has 0 aromatic carbocycles. The molecule has 160 valence electrons. The second-order valence-electron chi connectivity index (χ2n) is 7.14. The number of nitrogens with zero attached hydrogens (tertiary/aromatic N) is 5. The highest BCUT2D eigenvalue weighted by atomic mass is 32.2. The van der Waals surface area contributed by atoms with Crippen molar-refractivity contribution in [2.45, 2.75) is 30.9 Å². The molecule has 2 aliphatic rings. The Balaban J connectivity index is 1.63. The zero-order chi connectivity index (χ0) is 21.4. The lowest BCUT2D eigenvalue weighted by Gasteiger charge is -2.30. The number of piperidine rings is 1. The number of alkyl halides is 5. The SMILES string of the molecule is Cn1ncc(C(F)(F)F)c1-c1nc([C@@H]2C(F)(F)C23CCN(S(N)(=O)=O)CC3)no1. The van der Waals surface area contributed by atoms with Crippen molar-refractivity contribution in [2.24, 2.45) is 17.6 Å². The molecule has 1 spiro atoms. The predicted octanol–water partition coefficient (Wildman–Crippen LogP) is 1.51. The molecule has 3 heterocycles. The van der Waals surface area contributed by atoms with Gasteiger partial charge in [0.15, 0.2) is 5.82 Å². The number of nitrogens with two attached hydrogens (primary N) is 1. The molecule has 9 nitrogen and oxygen atoms in total. The number of aromatic nitrogens is 4. The van der Waals surface area contributed by atoms with Gasteiger partial charge in [-0.25, -0.2) is 13.9 Å². The second kappa shape index (κ2) is 5.95. The van der Waals surface area contributed by atoms with Gasteiger partial charge in [0, 0.05) is 20.1 Å². The van der Waals surface area contributed by atoms with Crippen LogP contribution >= 0.6 is 0 Å². The van der Waals surface area contributed by atoms with E-state index in [2.05, 4.69) is 15.2 Å². The largest absolute Gasteiger partial charge is 0.420 e. The molecule has 29 heavy (non-hydrogen) atoms. The average molecular weight is 442 g/mol. The Morgan fingerprint density at radius 3 is 2.45 bits per heavy atom. The maximum Gasteiger partial charge on any atom is 0.420 e. The van der Waals surface area contributed by atoms with Crippen LogP contribution in [0.15, 0.2) is 10.7 Å². The molecule has 15 heteroatoms. The van der Waals surface area contributed by atoms with E-state index < -0.39 is 56.6 Å². The van der Waals surface area contributed by atoms with E-state index in [9.17, 15) is 30.4 Å². The molecule has 0 radical (unpaired) electrons. The summed E-state index contributed by atoms with van der Waals surface area (Å²) in [6, 6.07) is 0. The highest BCUT2D eigenvalue weighted by Gasteiger charge is 2.82. The quantitative estimate of drug-likeness (QED) is 0.720.